The third-order valence-electron chi connectivity index (χ3n) is 10.3. The summed E-state index contributed by atoms with van der Waals surface area (Å²) in [6.45, 7) is 15.6. The normalized spacial score (nSPS) is 17.9. The van der Waals surface area contributed by atoms with E-state index in [4.69, 9.17) is 0 Å². The maximum atomic E-state index is 11.3. The minimum Gasteiger partial charge on any atom is -0.368 e. The molecule has 0 unspecified atom stereocenters. The lowest BCUT2D eigenvalue weighted by Crippen LogP contribution is -2.51. The van der Waals surface area contributed by atoms with Crippen LogP contribution in [0.3, 0.4) is 0 Å². The number of likely N-dealkylation sites (tertiary alicyclic amines) is 2. The van der Waals surface area contributed by atoms with Crippen molar-refractivity contribution >= 4 is 15.8 Å². The fraction of sp³-hybridized carbons (Fsp3) is 0.706. The number of anilines is 1. The predicted octanol–water partition coefficient (Wildman–Crippen LogP) is 4.46. The van der Waals surface area contributed by atoms with Crippen molar-refractivity contribution in [1.82, 2.24) is 30.0 Å². The van der Waals surface area contributed by atoms with Crippen LogP contribution in [0, 0.1) is 6.92 Å². The highest BCUT2D eigenvalue weighted by molar-refractivity contribution is 7.85. The Morgan fingerprint density at radius 3 is 1.72 bits per heavy atom. The lowest BCUT2D eigenvalue weighted by Gasteiger charge is -2.41. The van der Waals surface area contributed by atoms with Gasteiger partial charge in [-0.2, -0.15) is 8.42 Å². The maximum Gasteiger partial charge on any atom is 0.265 e. The molecule has 2 saturated heterocycles. The first-order valence-electron chi connectivity index (χ1n) is 17.9. The van der Waals surface area contributed by atoms with E-state index in [1.165, 1.54) is 69.4 Å². The molecule has 0 atom stereocenters. The van der Waals surface area contributed by atoms with Crippen LogP contribution in [0.25, 0.3) is 0 Å². The maximum absolute atomic E-state index is 11.3. The summed E-state index contributed by atoms with van der Waals surface area (Å²) in [6.07, 6.45) is 14.6. The van der Waals surface area contributed by atoms with Crippen LogP contribution in [0.2, 0.25) is 0 Å². The molecule has 2 aliphatic heterocycles. The number of quaternary nitrogens is 2. The molecule has 1 N–H and O–H groups in total. The zero-order chi connectivity index (χ0) is 33.2. The molecule has 0 radical (unpaired) electrons. The van der Waals surface area contributed by atoms with E-state index in [1.54, 1.807) is 0 Å². The molecule has 1 aromatic carbocycles. The van der Waals surface area contributed by atoms with Crippen LogP contribution in [-0.2, 0) is 36.3 Å². The number of benzene rings is 1. The van der Waals surface area contributed by atoms with Gasteiger partial charge in [-0.3, -0.25) is 13.9 Å². The Morgan fingerprint density at radius 1 is 0.766 bits per heavy atom. The number of aromatic nitrogens is 6. The lowest BCUT2D eigenvalue weighted by molar-refractivity contribution is -0.945. The van der Waals surface area contributed by atoms with Gasteiger partial charge >= 0.3 is 0 Å². The van der Waals surface area contributed by atoms with Crippen molar-refractivity contribution in [2.75, 3.05) is 63.0 Å². The van der Waals surface area contributed by atoms with Gasteiger partial charge in [0.2, 0.25) is 0 Å². The van der Waals surface area contributed by atoms with Crippen LogP contribution >= 0.6 is 0 Å². The fourth-order valence-corrected chi connectivity index (χ4v) is 8.16. The van der Waals surface area contributed by atoms with E-state index < -0.39 is 10.1 Å². The van der Waals surface area contributed by atoms with Gasteiger partial charge in [0.05, 0.1) is 70.5 Å². The summed E-state index contributed by atoms with van der Waals surface area (Å²) in [5.74, 6) is -0.191. The Bertz CT molecular complexity index is 1480. The molecule has 47 heavy (non-hydrogen) atoms. The molecule has 3 aromatic rings. The van der Waals surface area contributed by atoms with E-state index in [2.05, 4.69) is 69.8 Å². The van der Waals surface area contributed by atoms with E-state index in [0.717, 1.165) is 85.6 Å². The largest absolute Gasteiger partial charge is 0.368 e. The summed E-state index contributed by atoms with van der Waals surface area (Å²) in [5, 5.41) is 18.2. The summed E-state index contributed by atoms with van der Waals surface area (Å²) < 4.78 is 37.8. The first kappa shape index (κ1) is 35.4. The zero-order valence-electron chi connectivity index (χ0n) is 28.7. The monoisotopic (exact) mass is 671 g/mol. The van der Waals surface area contributed by atoms with Crippen molar-refractivity contribution < 1.29 is 21.9 Å². The zero-order valence-corrected chi connectivity index (χ0v) is 29.5. The van der Waals surface area contributed by atoms with Gasteiger partial charge < -0.3 is 13.9 Å². The van der Waals surface area contributed by atoms with Crippen molar-refractivity contribution in [3.63, 3.8) is 0 Å². The van der Waals surface area contributed by atoms with Gasteiger partial charge in [0.1, 0.15) is 24.5 Å². The van der Waals surface area contributed by atoms with Gasteiger partial charge in [-0.1, -0.05) is 41.5 Å². The van der Waals surface area contributed by atoms with Gasteiger partial charge in [-0.05, 0) is 64.0 Å². The number of hydrogen-bond donors (Lipinski definition) is 1. The Balaban J connectivity index is 1.20. The minimum atomic E-state index is -3.95. The quantitative estimate of drug-likeness (QED) is 0.156. The van der Waals surface area contributed by atoms with Crippen molar-refractivity contribution in [3.05, 3.63) is 53.6 Å². The molecule has 5 rings (SSSR count). The average molecular weight is 672 g/mol. The van der Waals surface area contributed by atoms with Crippen molar-refractivity contribution in [2.24, 2.45) is 0 Å². The molecule has 2 fully saturated rings. The van der Waals surface area contributed by atoms with Gasteiger partial charge in [0.25, 0.3) is 10.1 Å². The smallest absolute Gasteiger partial charge is 0.265 e. The van der Waals surface area contributed by atoms with Crippen LogP contribution < -0.4 is 4.90 Å². The van der Waals surface area contributed by atoms with Crippen LogP contribution in [0.15, 0.2) is 36.7 Å². The number of nitrogens with zero attached hydrogens (tertiary/aromatic N) is 9. The van der Waals surface area contributed by atoms with Gasteiger partial charge in [0.15, 0.2) is 0 Å². The van der Waals surface area contributed by atoms with Gasteiger partial charge in [0, 0.05) is 25.2 Å². The first-order valence-corrected chi connectivity index (χ1v) is 19.5. The third-order valence-corrected chi connectivity index (χ3v) is 11.1. The molecule has 0 saturated carbocycles. The van der Waals surface area contributed by atoms with E-state index in [-0.39, 0.29) is 5.75 Å². The molecular weight excluding hydrogens is 615 g/mol. The van der Waals surface area contributed by atoms with Gasteiger partial charge in [-0.25, -0.2) is 0 Å². The minimum absolute atomic E-state index is 0.191. The summed E-state index contributed by atoms with van der Waals surface area (Å²) in [7, 11) is -3.95. The molecule has 12 nitrogen and oxygen atoms in total. The topological polar surface area (TPSA) is 119 Å². The Kier molecular flexibility index (Phi) is 12.4. The molecular formula is C34H57N9O3S+2. The second kappa shape index (κ2) is 16.5. The highest BCUT2D eigenvalue weighted by Crippen LogP contribution is 2.25. The van der Waals surface area contributed by atoms with Crippen LogP contribution in [0.4, 0.5) is 5.69 Å². The van der Waals surface area contributed by atoms with E-state index in [1.807, 2.05) is 15.6 Å². The number of unbranched alkanes of at least 4 members (excludes halogenated alkanes) is 1. The second-order valence-electron chi connectivity index (χ2n) is 14.2. The number of aryl methyl sites for hydroxylation is 1. The molecule has 0 aliphatic carbocycles. The molecule has 0 bridgehead atoms. The second-order valence-corrected chi connectivity index (χ2v) is 15.8. The van der Waals surface area contributed by atoms with Crippen LogP contribution in [-0.4, -0.2) is 110 Å². The standard InChI is InChI=1S/C34H56N9O3S/c1-3-4-20-42(21-7-5-8-22-42)29-32-27-40(37-35-32)18-16-39(34-14-12-31(2)13-15-34)17-19-41-28-33(36-38-41)30-43(23-9-6-10-24-43)25-11-26-47(44,45)46/h12-15,27-28H,3-11,16-26,29-30H2,1-2H3/q+1/p+1. The molecule has 13 heteroatoms. The predicted molar refractivity (Wildman–Crippen MR) is 184 cm³/mol. The summed E-state index contributed by atoms with van der Waals surface area (Å²) in [5.41, 5.74) is 4.45. The highest BCUT2D eigenvalue weighted by Gasteiger charge is 2.32. The van der Waals surface area contributed by atoms with E-state index >= 15 is 0 Å². The van der Waals surface area contributed by atoms with E-state index in [9.17, 15) is 13.0 Å². The Morgan fingerprint density at radius 2 is 1.26 bits per heavy atom. The van der Waals surface area contributed by atoms with Crippen LogP contribution in [0.1, 0.15) is 81.7 Å². The Labute approximate surface area is 281 Å². The molecule has 0 spiro atoms. The lowest BCUT2D eigenvalue weighted by atomic mass is 10.1. The van der Waals surface area contributed by atoms with Crippen LogP contribution in [0.5, 0.6) is 0 Å². The molecule has 2 aromatic heterocycles. The highest BCUT2D eigenvalue weighted by atomic mass is 32.2. The molecule has 2 aliphatic rings. The summed E-state index contributed by atoms with van der Waals surface area (Å²) >= 11 is 0. The summed E-state index contributed by atoms with van der Waals surface area (Å²) in [6, 6.07) is 8.68. The Hall–Kier alpha value is -2.87. The first-order chi connectivity index (χ1) is 22.6. The SMILES string of the molecule is CCCC[N+]1(Cc2cn(CCN(CCn3cc(C[N+]4(CCCS(=O)(=O)O)CCCCC4)nn3)c3ccc(C)cc3)nn2)CCCCC1. The molecule has 4 heterocycles. The average Bonchev–Trinajstić information content (AvgIpc) is 3.69. The number of piperidine rings is 2. The third kappa shape index (κ3) is 10.8. The fourth-order valence-electron chi connectivity index (χ4n) is 7.66. The summed E-state index contributed by atoms with van der Waals surface area (Å²) in [4.78, 5) is 2.39. The van der Waals surface area contributed by atoms with Crippen molar-refractivity contribution in [1.29, 1.82) is 0 Å². The molecule has 0 amide bonds. The van der Waals surface area contributed by atoms with Crippen molar-refractivity contribution in [3.8, 4) is 0 Å². The van der Waals surface area contributed by atoms with Crippen molar-refractivity contribution in [2.45, 2.75) is 97.8 Å². The van der Waals surface area contributed by atoms with Gasteiger partial charge in [-0.15, -0.1) is 10.2 Å². The molecule has 260 valence electrons. The van der Waals surface area contributed by atoms with E-state index in [0.29, 0.717) is 13.0 Å². The number of rotatable bonds is 18. The number of hydrogen-bond acceptors (Lipinski definition) is 7.